The molecule has 1 aromatic rings. The minimum atomic E-state index is -0.584. The number of allylic oxidation sites excluding steroid dienone is 2. The molecule has 0 spiro atoms. The lowest BCUT2D eigenvalue weighted by molar-refractivity contribution is -0.120. The van der Waals surface area contributed by atoms with Crippen molar-refractivity contribution in [1.29, 1.82) is 0 Å². The van der Waals surface area contributed by atoms with Gasteiger partial charge in [-0.25, -0.2) is 0 Å². The quantitative estimate of drug-likeness (QED) is 0.230. The number of piperidine rings is 1. The van der Waals surface area contributed by atoms with Gasteiger partial charge in [0.05, 0.1) is 5.57 Å². The Morgan fingerprint density at radius 1 is 0.771 bits per heavy atom. The Balaban J connectivity index is 1.43. The first kappa shape index (κ1) is 27.2. The van der Waals surface area contributed by atoms with Gasteiger partial charge in [0.15, 0.2) is 11.5 Å². The number of likely N-dealkylation sites (tertiary alicyclic amines) is 1. The number of hydrogen-bond acceptors (Lipinski definition) is 5. The van der Waals surface area contributed by atoms with E-state index in [9.17, 15) is 19.8 Å². The zero-order valence-electron chi connectivity index (χ0n) is 21.4. The molecule has 3 rings (SSSR count). The summed E-state index contributed by atoms with van der Waals surface area (Å²) in [5, 5.41) is 21.1. The third kappa shape index (κ3) is 8.06. The molecule has 5 nitrogen and oxygen atoms in total. The predicted octanol–water partition coefficient (Wildman–Crippen LogP) is 6.64. The third-order valence-electron chi connectivity index (χ3n) is 7.54. The van der Waals surface area contributed by atoms with Gasteiger partial charge in [0.1, 0.15) is 0 Å². The van der Waals surface area contributed by atoms with Gasteiger partial charge in [-0.15, -0.1) is 0 Å². The molecule has 2 N–H and O–H groups in total. The molecule has 2 aliphatic rings. The number of aliphatic hydroxyl groups excluding tert-OH is 2. The Kier molecular flexibility index (Phi) is 11.1. The molecule has 0 unspecified atom stereocenters. The Bertz CT molecular complexity index is 894. The van der Waals surface area contributed by atoms with Crippen LogP contribution in [0.2, 0.25) is 0 Å². The lowest BCUT2D eigenvalue weighted by Crippen LogP contribution is -2.38. The molecule has 0 atom stereocenters. The molecule has 1 aromatic carbocycles. The molecule has 192 valence electrons. The number of hydrogen-bond donors (Lipinski definition) is 2. The number of nitrogens with zero attached hydrogens (tertiary/aromatic N) is 1. The summed E-state index contributed by atoms with van der Waals surface area (Å²) in [5.41, 5.74) is 1.47. The maximum atomic E-state index is 12.8. The number of carbonyl (C=O) groups is 2. The zero-order valence-corrected chi connectivity index (χ0v) is 21.4. The van der Waals surface area contributed by atoms with E-state index in [1.165, 1.54) is 44.1 Å². The molecule has 1 aliphatic heterocycles. The molecule has 0 aromatic heterocycles. The van der Waals surface area contributed by atoms with Gasteiger partial charge in [-0.1, -0.05) is 88.6 Å². The minimum absolute atomic E-state index is 0.0461. The van der Waals surface area contributed by atoms with Crippen LogP contribution in [0.4, 0.5) is 0 Å². The van der Waals surface area contributed by atoms with Gasteiger partial charge in [0, 0.05) is 12.1 Å². The second-order valence-corrected chi connectivity index (χ2v) is 10.3. The summed E-state index contributed by atoms with van der Waals surface area (Å²) in [5.74, 6) is -1.49. The monoisotopic (exact) mass is 481 g/mol. The Morgan fingerprint density at radius 3 is 1.94 bits per heavy atom. The second kappa shape index (κ2) is 14.2. The zero-order chi connectivity index (χ0) is 25.0. The van der Waals surface area contributed by atoms with E-state index in [-0.39, 0.29) is 17.7 Å². The average Bonchev–Trinajstić information content (AvgIpc) is 2.88. The normalized spacial score (nSPS) is 18.1. The SMILES string of the molecule is CCCCCCCCCCCC1=C(O)C(=O)C(CN2CCC(Cc3ccccc3)CC2)=C(O)C1=O. The summed E-state index contributed by atoms with van der Waals surface area (Å²) in [6.45, 7) is 4.05. The minimum Gasteiger partial charge on any atom is -0.504 e. The topological polar surface area (TPSA) is 77.8 Å². The number of carbonyl (C=O) groups excluding carboxylic acids is 2. The van der Waals surface area contributed by atoms with Crippen LogP contribution in [0.25, 0.3) is 0 Å². The maximum absolute atomic E-state index is 12.8. The molecule has 0 amide bonds. The van der Waals surface area contributed by atoms with E-state index < -0.39 is 23.1 Å². The molecule has 35 heavy (non-hydrogen) atoms. The molecule has 5 heteroatoms. The van der Waals surface area contributed by atoms with Crippen LogP contribution in [0.5, 0.6) is 0 Å². The fraction of sp³-hybridized carbons (Fsp3) is 0.600. The number of benzene rings is 1. The number of unbranched alkanes of at least 4 members (excludes halogenated alkanes) is 8. The highest BCUT2D eigenvalue weighted by Gasteiger charge is 2.35. The first-order valence-corrected chi connectivity index (χ1v) is 13.7. The number of rotatable bonds is 14. The number of Topliss-reactive ketones (excluding diaryl/α,β-unsaturated/α-hetero) is 2. The van der Waals surface area contributed by atoms with Crippen LogP contribution in [0.3, 0.4) is 0 Å². The smallest absolute Gasteiger partial charge is 0.228 e. The molecule has 0 bridgehead atoms. The fourth-order valence-electron chi connectivity index (χ4n) is 5.29. The molecule has 0 radical (unpaired) electrons. The summed E-state index contributed by atoms with van der Waals surface area (Å²) in [4.78, 5) is 27.7. The van der Waals surface area contributed by atoms with Gasteiger partial charge in [0.2, 0.25) is 11.6 Å². The highest BCUT2D eigenvalue weighted by Crippen LogP contribution is 2.28. The fourth-order valence-corrected chi connectivity index (χ4v) is 5.29. The van der Waals surface area contributed by atoms with Gasteiger partial charge >= 0.3 is 0 Å². The van der Waals surface area contributed by atoms with Crippen molar-refractivity contribution in [3.8, 4) is 0 Å². The van der Waals surface area contributed by atoms with Crippen LogP contribution in [0.1, 0.15) is 89.5 Å². The molecule has 1 aliphatic carbocycles. The maximum Gasteiger partial charge on any atom is 0.228 e. The van der Waals surface area contributed by atoms with Crippen LogP contribution < -0.4 is 0 Å². The van der Waals surface area contributed by atoms with Crippen LogP contribution in [0.15, 0.2) is 53.0 Å². The summed E-state index contributed by atoms with van der Waals surface area (Å²) < 4.78 is 0. The Morgan fingerprint density at radius 2 is 1.31 bits per heavy atom. The third-order valence-corrected chi connectivity index (χ3v) is 7.54. The Hall–Kier alpha value is -2.40. The molecule has 1 fully saturated rings. The van der Waals surface area contributed by atoms with Crippen molar-refractivity contribution in [2.45, 2.75) is 90.4 Å². The van der Waals surface area contributed by atoms with Crippen LogP contribution in [-0.4, -0.2) is 46.3 Å². The van der Waals surface area contributed by atoms with E-state index in [2.05, 4.69) is 36.1 Å². The van der Waals surface area contributed by atoms with Gasteiger partial charge < -0.3 is 10.2 Å². The highest BCUT2D eigenvalue weighted by molar-refractivity contribution is 6.23. The summed E-state index contributed by atoms with van der Waals surface area (Å²) in [6.07, 6.45) is 13.7. The highest BCUT2D eigenvalue weighted by atomic mass is 16.3. The van der Waals surface area contributed by atoms with E-state index >= 15 is 0 Å². The lowest BCUT2D eigenvalue weighted by Gasteiger charge is -2.33. The van der Waals surface area contributed by atoms with Crippen LogP contribution >= 0.6 is 0 Å². The lowest BCUT2D eigenvalue weighted by atomic mass is 9.88. The number of aliphatic hydroxyl groups is 2. The summed E-state index contributed by atoms with van der Waals surface area (Å²) in [7, 11) is 0. The number of ketones is 2. The van der Waals surface area contributed by atoms with Crippen molar-refractivity contribution < 1.29 is 19.8 Å². The van der Waals surface area contributed by atoms with Crippen molar-refractivity contribution in [2.75, 3.05) is 19.6 Å². The summed E-state index contributed by atoms with van der Waals surface area (Å²) >= 11 is 0. The molecule has 1 saturated heterocycles. The van der Waals surface area contributed by atoms with Crippen molar-refractivity contribution in [3.05, 3.63) is 58.6 Å². The van der Waals surface area contributed by atoms with E-state index in [1.807, 2.05) is 6.07 Å². The predicted molar refractivity (Wildman–Crippen MR) is 140 cm³/mol. The van der Waals surface area contributed by atoms with Crippen molar-refractivity contribution in [1.82, 2.24) is 4.90 Å². The first-order valence-electron chi connectivity index (χ1n) is 13.7. The van der Waals surface area contributed by atoms with Crippen LogP contribution in [0, 0.1) is 5.92 Å². The average molecular weight is 482 g/mol. The second-order valence-electron chi connectivity index (χ2n) is 10.3. The molecule has 1 heterocycles. The molecule has 0 saturated carbocycles. The van der Waals surface area contributed by atoms with Crippen molar-refractivity contribution in [3.63, 3.8) is 0 Å². The Labute approximate surface area is 210 Å². The van der Waals surface area contributed by atoms with E-state index in [1.54, 1.807) is 0 Å². The van der Waals surface area contributed by atoms with Crippen LogP contribution in [-0.2, 0) is 16.0 Å². The first-order chi connectivity index (χ1) is 17.0. The van der Waals surface area contributed by atoms with E-state index in [0.29, 0.717) is 12.3 Å². The van der Waals surface area contributed by atoms with Crippen molar-refractivity contribution in [2.24, 2.45) is 5.92 Å². The molecular formula is C30H43NO4. The summed E-state index contributed by atoms with van der Waals surface area (Å²) in [6, 6.07) is 10.5. The van der Waals surface area contributed by atoms with Gasteiger partial charge in [-0.3, -0.25) is 14.5 Å². The van der Waals surface area contributed by atoms with Gasteiger partial charge in [-0.05, 0) is 56.7 Å². The van der Waals surface area contributed by atoms with E-state index in [4.69, 9.17) is 0 Å². The standard InChI is InChI=1S/C30H43NO4/c1-2-3-4-5-6-7-8-9-13-16-25-27(32)29(34)26(30(35)28(25)33)22-31-19-17-24(18-20-31)21-23-14-11-10-12-15-23/h10-12,14-15,24,32,35H,2-9,13,16-22H2,1H3. The molecular weight excluding hydrogens is 438 g/mol. The van der Waals surface area contributed by atoms with E-state index in [0.717, 1.165) is 51.6 Å². The van der Waals surface area contributed by atoms with Crippen molar-refractivity contribution >= 4 is 11.6 Å². The largest absolute Gasteiger partial charge is 0.504 e. The van der Waals surface area contributed by atoms with Gasteiger partial charge in [-0.2, -0.15) is 0 Å². The van der Waals surface area contributed by atoms with Gasteiger partial charge in [0.25, 0.3) is 0 Å².